The highest BCUT2D eigenvalue weighted by Crippen LogP contribution is 2.35. The Morgan fingerprint density at radius 3 is 2.77 bits per heavy atom. The van der Waals surface area contributed by atoms with E-state index >= 15 is 0 Å². The van der Waals surface area contributed by atoms with Gasteiger partial charge in [0, 0.05) is 29.8 Å². The van der Waals surface area contributed by atoms with Gasteiger partial charge >= 0.3 is 0 Å². The van der Waals surface area contributed by atoms with E-state index in [1.54, 1.807) is 18.2 Å². The molecule has 0 atom stereocenters. The smallest absolute Gasteiger partial charge is 0.248 e. The average Bonchev–Trinajstić information content (AvgIpc) is 3.34. The molecule has 0 bridgehead atoms. The Morgan fingerprint density at radius 1 is 1.23 bits per heavy atom. The molecule has 0 spiro atoms. The van der Waals surface area contributed by atoms with Gasteiger partial charge in [0.1, 0.15) is 23.7 Å². The number of likely N-dealkylation sites (N-methyl/N-ethyl adjacent to an activating group) is 1. The van der Waals surface area contributed by atoms with E-state index in [0.717, 1.165) is 12.8 Å². The van der Waals surface area contributed by atoms with E-state index < -0.39 is 5.82 Å². The molecule has 2 aromatic carbocycles. The zero-order chi connectivity index (χ0) is 24.8. The Balaban J connectivity index is 1.65. The number of fused-ring (bicyclic) bond motifs is 1. The Kier molecular flexibility index (Phi) is 8.15. The van der Waals surface area contributed by atoms with E-state index in [9.17, 15) is 9.18 Å². The number of ether oxygens (including phenoxy) is 1. The maximum atomic E-state index is 13.6. The quantitative estimate of drug-likeness (QED) is 0.364. The Labute approximate surface area is 209 Å². The lowest BCUT2D eigenvalue weighted by Crippen LogP contribution is -2.14. The van der Waals surface area contributed by atoms with Crippen molar-refractivity contribution in [1.82, 2.24) is 14.9 Å². The first kappa shape index (κ1) is 24.9. The summed E-state index contributed by atoms with van der Waals surface area (Å²) >= 11 is 5.93. The van der Waals surface area contributed by atoms with Crippen LogP contribution < -0.4 is 15.4 Å². The molecule has 9 heteroatoms. The van der Waals surface area contributed by atoms with Crippen LogP contribution >= 0.6 is 11.6 Å². The van der Waals surface area contributed by atoms with Gasteiger partial charge in [-0.1, -0.05) is 30.5 Å². The second-order valence-electron chi connectivity index (χ2n) is 8.96. The number of amides is 1. The van der Waals surface area contributed by atoms with Crippen LogP contribution in [0.1, 0.15) is 25.7 Å². The maximum Gasteiger partial charge on any atom is 0.248 e. The Morgan fingerprint density at radius 2 is 2.03 bits per heavy atom. The molecule has 0 unspecified atom stereocenters. The highest BCUT2D eigenvalue weighted by molar-refractivity contribution is 6.31. The fourth-order valence-electron chi connectivity index (χ4n) is 4.04. The van der Waals surface area contributed by atoms with Gasteiger partial charge in [-0.25, -0.2) is 14.4 Å². The number of hydrogen-bond acceptors (Lipinski definition) is 6. The van der Waals surface area contributed by atoms with Crippen LogP contribution in [0.15, 0.2) is 48.8 Å². The number of hydrogen-bond donors (Lipinski definition) is 2. The summed E-state index contributed by atoms with van der Waals surface area (Å²) in [4.78, 5) is 23.3. The van der Waals surface area contributed by atoms with Gasteiger partial charge < -0.3 is 20.3 Å². The summed E-state index contributed by atoms with van der Waals surface area (Å²) in [6.07, 6.45) is 9.50. The molecule has 35 heavy (non-hydrogen) atoms. The van der Waals surface area contributed by atoms with Gasteiger partial charge in [0.05, 0.1) is 22.8 Å². The molecule has 4 rings (SSSR count). The van der Waals surface area contributed by atoms with E-state index in [-0.39, 0.29) is 10.9 Å². The third-order valence-corrected chi connectivity index (χ3v) is 6.16. The van der Waals surface area contributed by atoms with Gasteiger partial charge in [0.15, 0.2) is 0 Å². The van der Waals surface area contributed by atoms with Crippen LogP contribution in [0.25, 0.3) is 10.9 Å². The Hall–Kier alpha value is -3.23. The highest BCUT2D eigenvalue weighted by Gasteiger charge is 2.18. The SMILES string of the molecule is CN(C)CC=CC(=O)Nc1cc2c(Nc3ccc(F)c(Cl)c3)ncnc2cc1OCC1CCCC1. The lowest BCUT2D eigenvalue weighted by Gasteiger charge is -2.17. The molecule has 1 fully saturated rings. The minimum absolute atomic E-state index is 0.00780. The molecule has 1 saturated carbocycles. The summed E-state index contributed by atoms with van der Waals surface area (Å²) in [5, 5.41) is 6.78. The molecule has 1 amide bonds. The lowest BCUT2D eigenvalue weighted by atomic mass is 10.1. The van der Waals surface area contributed by atoms with Crippen LogP contribution in [-0.2, 0) is 4.79 Å². The van der Waals surface area contributed by atoms with Gasteiger partial charge in [-0.15, -0.1) is 0 Å². The van der Waals surface area contributed by atoms with Gasteiger partial charge in [0.25, 0.3) is 0 Å². The number of carbonyl (C=O) groups is 1. The largest absolute Gasteiger partial charge is 0.491 e. The van der Waals surface area contributed by atoms with E-state index in [0.29, 0.717) is 52.9 Å². The predicted molar refractivity (Wildman–Crippen MR) is 138 cm³/mol. The van der Waals surface area contributed by atoms with Crippen LogP contribution in [0.3, 0.4) is 0 Å². The van der Waals surface area contributed by atoms with Gasteiger partial charge in [-0.05, 0) is 57.1 Å². The summed E-state index contributed by atoms with van der Waals surface area (Å²) in [7, 11) is 3.87. The fourth-order valence-corrected chi connectivity index (χ4v) is 4.22. The van der Waals surface area contributed by atoms with Gasteiger partial charge in [0.2, 0.25) is 5.91 Å². The van der Waals surface area contributed by atoms with E-state index in [4.69, 9.17) is 16.3 Å². The average molecular weight is 498 g/mol. The molecular formula is C26H29ClFN5O2. The Bertz CT molecular complexity index is 1230. The summed E-state index contributed by atoms with van der Waals surface area (Å²) in [5.41, 5.74) is 1.76. The van der Waals surface area contributed by atoms with Crippen molar-refractivity contribution in [3.8, 4) is 5.75 Å². The first-order valence-electron chi connectivity index (χ1n) is 11.6. The molecule has 0 saturated heterocycles. The van der Waals surface area contributed by atoms with Crippen molar-refractivity contribution in [2.24, 2.45) is 5.92 Å². The fraction of sp³-hybridized carbons (Fsp3) is 0.346. The number of carbonyl (C=O) groups excluding carboxylic acids is 1. The van der Waals surface area contributed by atoms with Crippen LogP contribution in [0.5, 0.6) is 5.75 Å². The number of nitrogens with one attached hydrogen (secondary N) is 2. The molecule has 1 aliphatic rings. The van der Waals surface area contributed by atoms with Crippen molar-refractivity contribution < 1.29 is 13.9 Å². The van der Waals surface area contributed by atoms with Crippen LogP contribution in [0.4, 0.5) is 21.6 Å². The topological polar surface area (TPSA) is 79.4 Å². The predicted octanol–water partition coefficient (Wildman–Crippen LogP) is 5.79. The zero-order valence-electron chi connectivity index (χ0n) is 19.9. The van der Waals surface area contributed by atoms with Crippen LogP contribution in [0.2, 0.25) is 5.02 Å². The molecule has 0 aliphatic heterocycles. The minimum Gasteiger partial charge on any atom is -0.491 e. The molecule has 3 aromatic rings. The molecule has 1 aromatic heterocycles. The van der Waals surface area contributed by atoms with Crippen molar-refractivity contribution in [3.05, 3.63) is 59.7 Å². The van der Waals surface area contributed by atoms with Crippen molar-refractivity contribution in [3.63, 3.8) is 0 Å². The van der Waals surface area contributed by atoms with Crippen molar-refractivity contribution in [2.45, 2.75) is 25.7 Å². The first-order valence-corrected chi connectivity index (χ1v) is 12.0. The monoisotopic (exact) mass is 497 g/mol. The molecule has 2 N–H and O–H groups in total. The third-order valence-electron chi connectivity index (χ3n) is 5.87. The molecule has 1 aliphatic carbocycles. The highest BCUT2D eigenvalue weighted by atomic mass is 35.5. The van der Waals surface area contributed by atoms with Crippen molar-refractivity contribution in [1.29, 1.82) is 0 Å². The molecule has 1 heterocycles. The summed E-state index contributed by atoms with van der Waals surface area (Å²) < 4.78 is 19.8. The minimum atomic E-state index is -0.499. The van der Waals surface area contributed by atoms with E-state index in [2.05, 4.69) is 20.6 Å². The number of aromatic nitrogens is 2. The maximum absolute atomic E-state index is 13.6. The number of anilines is 3. The second kappa shape index (κ2) is 11.5. The van der Waals surface area contributed by atoms with Crippen molar-refractivity contribution >= 4 is 45.6 Å². The summed E-state index contributed by atoms with van der Waals surface area (Å²) in [6, 6.07) is 7.96. The number of benzene rings is 2. The number of nitrogens with zero attached hydrogens (tertiary/aromatic N) is 3. The lowest BCUT2D eigenvalue weighted by molar-refractivity contribution is -0.111. The third kappa shape index (κ3) is 6.68. The number of rotatable bonds is 9. The van der Waals surface area contributed by atoms with E-state index in [1.165, 1.54) is 37.4 Å². The standard InChI is InChI=1S/C26H29ClFN5O2/c1-33(2)11-5-8-25(34)32-23-13-19-22(14-24(23)35-15-17-6-3-4-7-17)29-16-30-26(19)31-18-9-10-21(28)20(27)12-18/h5,8-10,12-14,16-17H,3-4,6-7,11,15H2,1-2H3,(H,32,34)(H,29,30,31). The molecular weight excluding hydrogens is 469 g/mol. The summed E-state index contributed by atoms with van der Waals surface area (Å²) in [6.45, 7) is 1.24. The zero-order valence-corrected chi connectivity index (χ0v) is 20.6. The van der Waals surface area contributed by atoms with Gasteiger partial charge in [-0.2, -0.15) is 0 Å². The molecule has 184 valence electrons. The molecule has 0 radical (unpaired) electrons. The van der Waals surface area contributed by atoms with Crippen LogP contribution in [0, 0.1) is 11.7 Å². The normalized spacial score (nSPS) is 14.2. The first-order chi connectivity index (χ1) is 16.9. The van der Waals surface area contributed by atoms with E-state index in [1.807, 2.05) is 25.1 Å². The van der Waals surface area contributed by atoms with Gasteiger partial charge in [-0.3, -0.25) is 4.79 Å². The van der Waals surface area contributed by atoms with Crippen molar-refractivity contribution in [2.75, 3.05) is 37.9 Å². The van der Waals surface area contributed by atoms with Crippen LogP contribution in [-0.4, -0.2) is 48.0 Å². The number of halogens is 2. The molecule has 7 nitrogen and oxygen atoms in total. The summed E-state index contributed by atoms with van der Waals surface area (Å²) in [5.74, 6) is 0.821. The second-order valence-corrected chi connectivity index (χ2v) is 9.36.